The van der Waals surface area contributed by atoms with Gasteiger partial charge in [-0.3, -0.25) is 0 Å². The SMILES string of the molecule is c1ccc(-c2nc(-c3cccc(-c4cccc5c4Sc4ccccc4C54c5ccccc5-c5ccccc54)c3)nc(-c3ccc4c(ccc5ccccc54)c3)n2)cc1. The number of hydrogen-bond acceptors (Lipinski definition) is 4. The molecular weight excluding hydrogens is 723 g/mol. The smallest absolute Gasteiger partial charge is 0.164 e. The Labute approximate surface area is 340 Å². The topological polar surface area (TPSA) is 38.7 Å². The summed E-state index contributed by atoms with van der Waals surface area (Å²) in [5.41, 5.74) is 12.7. The van der Waals surface area contributed by atoms with Crippen LogP contribution < -0.4 is 0 Å². The van der Waals surface area contributed by atoms with Crippen LogP contribution in [-0.2, 0) is 5.41 Å². The molecule has 1 aliphatic carbocycles. The molecule has 0 amide bonds. The Bertz CT molecular complexity index is 3230. The van der Waals surface area contributed by atoms with E-state index >= 15 is 0 Å². The molecule has 0 radical (unpaired) electrons. The second-order valence-corrected chi connectivity index (χ2v) is 16.1. The van der Waals surface area contributed by atoms with Gasteiger partial charge < -0.3 is 0 Å². The summed E-state index contributed by atoms with van der Waals surface area (Å²) in [6, 6.07) is 72.1. The quantitative estimate of drug-likeness (QED) is 0.168. The Morgan fingerprint density at radius 2 is 0.862 bits per heavy atom. The lowest BCUT2D eigenvalue weighted by Gasteiger charge is -2.40. The van der Waals surface area contributed by atoms with Crippen molar-refractivity contribution in [2.45, 2.75) is 15.2 Å². The van der Waals surface area contributed by atoms with Gasteiger partial charge in [0.05, 0.1) is 5.41 Å². The molecule has 2 heterocycles. The van der Waals surface area contributed by atoms with Crippen molar-refractivity contribution >= 4 is 33.3 Å². The molecule has 0 saturated heterocycles. The molecule has 0 bridgehead atoms. The highest BCUT2D eigenvalue weighted by Crippen LogP contribution is 2.63. The van der Waals surface area contributed by atoms with Gasteiger partial charge in [-0.25, -0.2) is 15.0 Å². The summed E-state index contributed by atoms with van der Waals surface area (Å²) in [5.74, 6) is 1.94. The monoisotopic (exact) mass is 755 g/mol. The van der Waals surface area contributed by atoms with Crippen molar-refractivity contribution in [1.82, 2.24) is 15.0 Å². The second-order valence-electron chi connectivity index (χ2n) is 15.1. The third kappa shape index (κ3) is 4.92. The highest BCUT2D eigenvalue weighted by Gasteiger charge is 2.50. The zero-order valence-corrected chi connectivity index (χ0v) is 32.1. The van der Waals surface area contributed by atoms with Crippen molar-refractivity contribution in [2.24, 2.45) is 0 Å². The average molecular weight is 756 g/mol. The molecule has 1 aromatic heterocycles. The third-order valence-corrected chi connectivity index (χ3v) is 13.2. The molecule has 9 aromatic carbocycles. The molecule has 12 rings (SSSR count). The van der Waals surface area contributed by atoms with Crippen LogP contribution in [0.5, 0.6) is 0 Å². The van der Waals surface area contributed by atoms with Gasteiger partial charge in [0.25, 0.3) is 0 Å². The zero-order valence-electron chi connectivity index (χ0n) is 31.3. The average Bonchev–Trinajstić information content (AvgIpc) is 3.59. The lowest BCUT2D eigenvalue weighted by molar-refractivity contribution is 0.723. The highest BCUT2D eigenvalue weighted by molar-refractivity contribution is 7.99. The fourth-order valence-electron chi connectivity index (χ4n) is 9.43. The van der Waals surface area contributed by atoms with Gasteiger partial charge in [-0.1, -0.05) is 194 Å². The van der Waals surface area contributed by atoms with E-state index in [1.165, 1.54) is 64.9 Å². The predicted molar refractivity (Wildman–Crippen MR) is 238 cm³/mol. The van der Waals surface area contributed by atoms with E-state index in [1.807, 2.05) is 30.0 Å². The molecule has 0 atom stereocenters. The van der Waals surface area contributed by atoms with Crippen LogP contribution in [0.25, 0.3) is 78.0 Å². The number of benzene rings is 9. The van der Waals surface area contributed by atoms with Gasteiger partial charge in [0.15, 0.2) is 17.5 Å². The van der Waals surface area contributed by atoms with Gasteiger partial charge in [-0.2, -0.15) is 0 Å². The van der Waals surface area contributed by atoms with E-state index in [0.717, 1.165) is 27.6 Å². The van der Waals surface area contributed by atoms with Crippen LogP contribution in [0.1, 0.15) is 22.3 Å². The lowest BCUT2D eigenvalue weighted by atomic mass is 9.67. The molecule has 4 heteroatoms. The van der Waals surface area contributed by atoms with Gasteiger partial charge in [-0.05, 0) is 84.3 Å². The van der Waals surface area contributed by atoms with Crippen molar-refractivity contribution in [3.05, 3.63) is 222 Å². The number of fused-ring (bicyclic) bond motifs is 12. The molecule has 0 N–H and O–H groups in total. The number of nitrogens with zero attached hydrogens (tertiary/aromatic N) is 3. The molecule has 1 aliphatic heterocycles. The van der Waals surface area contributed by atoms with Gasteiger partial charge in [-0.15, -0.1) is 0 Å². The number of hydrogen-bond donors (Lipinski definition) is 0. The van der Waals surface area contributed by atoms with E-state index < -0.39 is 5.41 Å². The molecule has 0 unspecified atom stereocenters. The summed E-state index contributed by atoms with van der Waals surface area (Å²) >= 11 is 1.88. The minimum absolute atomic E-state index is 0.433. The van der Waals surface area contributed by atoms with Crippen molar-refractivity contribution < 1.29 is 0 Å². The highest BCUT2D eigenvalue weighted by atomic mass is 32.2. The molecule has 270 valence electrons. The van der Waals surface area contributed by atoms with E-state index in [-0.39, 0.29) is 0 Å². The fraction of sp³-hybridized carbons (Fsp3) is 0.0185. The molecule has 3 nitrogen and oxygen atoms in total. The maximum absolute atomic E-state index is 5.20. The molecule has 0 saturated carbocycles. The fourth-order valence-corrected chi connectivity index (χ4v) is 10.8. The Morgan fingerprint density at radius 1 is 0.328 bits per heavy atom. The van der Waals surface area contributed by atoms with E-state index in [4.69, 9.17) is 15.0 Å². The standard InChI is InChI=1S/C54H33N3S/c1-2-15-35(16-3-1)51-55-52(57-53(56-51)39-30-31-41-37(33-39)29-28-34-14-4-5-19-40(34)41)38-18-12-17-36(32-38)42-22-13-26-48-50(42)58-49-27-11-10-25-47(49)54(48)45-23-8-6-20-43(45)44-21-7-9-24-46(44)54/h1-33H. The van der Waals surface area contributed by atoms with E-state index in [0.29, 0.717) is 17.5 Å². The van der Waals surface area contributed by atoms with Crippen molar-refractivity contribution in [3.8, 4) is 56.4 Å². The minimum atomic E-state index is -0.433. The number of aromatic nitrogens is 3. The first-order valence-electron chi connectivity index (χ1n) is 19.7. The van der Waals surface area contributed by atoms with Crippen LogP contribution in [0.15, 0.2) is 210 Å². The Balaban J connectivity index is 1.03. The van der Waals surface area contributed by atoms with Crippen LogP contribution in [0.4, 0.5) is 0 Å². The normalized spacial score (nSPS) is 13.2. The van der Waals surface area contributed by atoms with Crippen LogP contribution >= 0.6 is 11.8 Å². The lowest BCUT2D eigenvalue weighted by Crippen LogP contribution is -2.32. The minimum Gasteiger partial charge on any atom is -0.208 e. The van der Waals surface area contributed by atoms with Crippen LogP contribution in [-0.4, -0.2) is 15.0 Å². The molecular formula is C54H33N3S. The first-order valence-corrected chi connectivity index (χ1v) is 20.5. The maximum Gasteiger partial charge on any atom is 0.164 e. The molecule has 2 aliphatic rings. The van der Waals surface area contributed by atoms with Crippen molar-refractivity contribution in [2.75, 3.05) is 0 Å². The summed E-state index contributed by atoms with van der Waals surface area (Å²) in [5, 5.41) is 4.83. The summed E-state index contributed by atoms with van der Waals surface area (Å²) in [4.78, 5) is 18.0. The molecule has 1 spiro atoms. The molecule has 10 aromatic rings. The zero-order chi connectivity index (χ0) is 38.2. The summed E-state index contributed by atoms with van der Waals surface area (Å²) in [6.07, 6.45) is 0. The Hall–Kier alpha value is -7.14. The van der Waals surface area contributed by atoms with Crippen LogP contribution in [0.3, 0.4) is 0 Å². The largest absolute Gasteiger partial charge is 0.208 e. The van der Waals surface area contributed by atoms with Crippen LogP contribution in [0.2, 0.25) is 0 Å². The summed E-state index contributed by atoms with van der Waals surface area (Å²) in [6.45, 7) is 0. The summed E-state index contributed by atoms with van der Waals surface area (Å²) in [7, 11) is 0. The first kappa shape index (κ1) is 33.0. The predicted octanol–water partition coefficient (Wildman–Crippen LogP) is 13.7. The van der Waals surface area contributed by atoms with Gasteiger partial charge in [0, 0.05) is 26.5 Å². The van der Waals surface area contributed by atoms with E-state index in [2.05, 4.69) is 182 Å². The third-order valence-electron chi connectivity index (χ3n) is 12.0. The first-order chi connectivity index (χ1) is 28.7. The second kappa shape index (κ2) is 13.0. The Morgan fingerprint density at radius 3 is 1.66 bits per heavy atom. The number of rotatable bonds is 4. The Kier molecular flexibility index (Phi) is 7.38. The van der Waals surface area contributed by atoms with Gasteiger partial charge >= 0.3 is 0 Å². The maximum atomic E-state index is 5.20. The van der Waals surface area contributed by atoms with E-state index in [1.54, 1.807) is 0 Å². The van der Waals surface area contributed by atoms with Gasteiger partial charge in [0.1, 0.15) is 0 Å². The van der Waals surface area contributed by atoms with Gasteiger partial charge in [0.2, 0.25) is 0 Å². The molecule has 0 fully saturated rings. The van der Waals surface area contributed by atoms with E-state index in [9.17, 15) is 0 Å². The summed E-state index contributed by atoms with van der Waals surface area (Å²) < 4.78 is 0. The van der Waals surface area contributed by atoms with Crippen LogP contribution in [0, 0.1) is 0 Å². The van der Waals surface area contributed by atoms with Crippen molar-refractivity contribution in [1.29, 1.82) is 0 Å². The molecule has 58 heavy (non-hydrogen) atoms. The van der Waals surface area contributed by atoms with Crippen molar-refractivity contribution in [3.63, 3.8) is 0 Å².